The molecule has 162 valence electrons. The van der Waals surface area contributed by atoms with E-state index in [1.54, 1.807) is 43.0 Å². The van der Waals surface area contributed by atoms with Crippen LogP contribution in [0.2, 0.25) is 10.0 Å². The lowest BCUT2D eigenvalue weighted by molar-refractivity contribution is -0.137. The standard InChI is InChI=1S/C22H22Cl2FN5O/c1-22(2,26)21(31)29-9-10-30-18(12-29)28-19(13-3-5-14(25)6-4-13)20(30)27-15-7-8-16(23)17(24)11-15/h3-8,11,27H,9-10,12,26H2,1-2H3. The minimum atomic E-state index is -0.963. The van der Waals surface area contributed by atoms with Crippen LogP contribution in [0.3, 0.4) is 0 Å². The number of carbonyl (C=O) groups excluding carboxylic acids is 1. The number of fused-ring (bicyclic) bond motifs is 1. The third-order valence-corrected chi connectivity index (χ3v) is 5.85. The first-order valence-electron chi connectivity index (χ1n) is 9.79. The maximum Gasteiger partial charge on any atom is 0.242 e. The highest BCUT2D eigenvalue weighted by atomic mass is 35.5. The summed E-state index contributed by atoms with van der Waals surface area (Å²) < 4.78 is 15.5. The molecule has 1 aliphatic heterocycles. The number of rotatable bonds is 4. The van der Waals surface area contributed by atoms with Crippen LogP contribution in [0.15, 0.2) is 42.5 Å². The maximum absolute atomic E-state index is 13.5. The molecule has 6 nitrogen and oxygen atoms in total. The summed E-state index contributed by atoms with van der Waals surface area (Å²) in [7, 11) is 0. The van der Waals surface area contributed by atoms with Gasteiger partial charge >= 0.3 is 0 Å². The Balaban J connectivity index is 1.76. The Morgan fingerprint density at radius 1 is 1.13 bits per heavy atom. The minimum Gasteiger partial charge on any atom is -0.340 e. The average molecular weight is 462 g/mol. The maximum atomic E-state index is 13.5. The van der Waals surface area contributed by atoms with E-state index in [0.717, 1.165) is 17.1 Å². The Labute approximate surface area is 189 Å². The first-order valence-corrected chi connectivity index (χ1v) is 10.5. The molecule has 0 unspecified atom stereocenters. The second-order valence-electron chi connectivity index (χ2n) is 8.09. The van der Waals surface area contributed by atoms with Crippen LogP contribution in [0.1, 0.15) is 19.7 Å². The lowest BCUT2D eigenvalue weighted by Gasteiger charge is -2.33. The number of hydrogen-bond acceptors (Lipinski definition) is 4. The van der Waals surface area contributed by atoms with Crippen molar-refractivity contribution in [3.63, 3.8) is 0 Å². The number of halogens is 3. The predicted octanol–water partition coefficient (Wildman–Crippen LogP) is 4.82. The smallest absolute Gasteiger partial charge is 0.242 e. The number of benzene rings is 2. The number of imidazole rings is 1. The molecule has 0 saturated carbocycles. The van der Waals surface area contributed by atoms with Crippen molar-refractivity contribution in [2.45, 2.75) is 32.5 Å². The van der Waals surface area contributed by atoms with Gasteiger partial charge in [0.25, 0.3) is 0 Å². The summed E-state index contributed by atoms with van der Waals surface area (Å²) >= 11 is 12.2. The summed E-state index contributed by atoms with van der Waals surface area (Å²) in [6.45, 7) is 4.75. The molecule has 0 radical (unpaired) electrons. The molecular weight excluding hydrogens is 440 g/mol. The third-order valence-electron chi connectivity index (χ3n) is 5.11. The van der Waals surface area contributed by atoms with Gasteiger partial charge in [-0.05, 0) is 56.3 Å². The van der Waals surface area contributed by atoms with Gasteiger partial charge in [0.1, 0.15) is 23.2 Å². The Hall–Kier alpha value is -2.61. The fourth-order valence-electron chi connectivity index (χ4n) is 3.56. The molecule has 9 heteroatoms. The fraction of sp³-hybridized carbons (Fsp3) is 0.273. The van der Waals surface area contributed by atoms with Gasteiger partial charge < -0.3 is 20.5 Å². The minimum absolute atomic E-state index is 0.135. The molecule has 0 aliphatic carbocycles. The molecule has 2 aromatic carbocycles. The molecule has 1 aromatic heterocycles. The zero-order chi connectivity index (χ0) is 22.3. The topological polar surface area (TPSA) is 76.2 Å². The van der Waals surface area contributed by atoms with Crippen LogP contribution in [0.5, 0.6) is 0 Å². The van der Waals surface area contributed by atoms with E-state index in [2.05, 4.69) is 5.32 Å². The number of nitrogens with one attached hydrogen (secondary N) is 1. The van der Waals surface area contributed by atoms with E-state index in [9.17, 15) is 9.18 Å². The van der Waals surface area contributed by atoms with Crippen LogP contribution >= 0.6 is 23.2 Å². The highest BCUT2D eigenvalue weighted by molar-refractivity contribution is 6.42. The lowest BCUT2D eigenvalue weighted by Crippen LogP contribution is -2.52. The van der Waals surface area contributed by atoms with Crippen molar-refractivity contribution in [3.05, 3.63) is 64.2 Å². The van der Waals surface area contributed by atoms with Crippen molar-refractivity contribution in [2.75, 3.05) is 11.9 Å². The highest BCUT2D eigenvalue weighted by Gasteiger charge is 2.32. The monoisotopic (exact) mass is 461 g/mol. The zero-order valence-electron chi connectivity index (χ0n) is 17.1. The Morgan fingerprint density at radius 2 is 1.84 bits per heavy atom. The SMILES string of the molecule is CC(C)(N)C(=O)N1CCn2c(nc(-c3ccc(F)cc3)c2Nc2ccc(Cl)c(Cl)c2)C1. The average Bonchev–Trinajstić information content (AvgIpc) is 3.07. The summed E-state index contributed by atoms with van der Waals surface area (Å²) in [5.74, 6) is 0.988. The summed E-state index contributed by atoms with van der Waals surface area (Å²) in [4.78, 5) is 19.2. The molecule has 2 heterocycles. The zero-order valence-corrected chi connectivity index (χ0v) is 18.6. The van der Waals surface area contributed by atoms with E-state index in [-0.39, 0.29) is 11.7 Å². The Bertz CT molecular complexity index is 1140. The molecular formula is C22H22Cl2FN5O. The van der Waals surface area contributed by atoms with E-state index in [0.29, 0.717) is 41.2 Å². The number of carbonyl (C=O) groups is 1. The fourth-order valence-corrected chi connectivity index (χ4v) is 3.86. The second kappa shape index (κ2) is 8.15. The highest BCUT2D eigenvalue weighted by Crippen LogP contribution is 2.35. The molecule has 0 saturated heterocycles. The Kier molecular flexibility index (Phi) is 5.68. The summed E-state index contributed by atoms with van der Waals surface area (Å²) in [6.07, 6.45) is 0. The van der Waals surface area contributed by atoms with E-state index < -0.39 is 5.54 Å². The van der Waals surface area contributed by atoms with Gasteiger partial charge in [-0.2, -0.15) is 0 Å². The summed E-state index contributed by atoms with van der Waals surface area (Å²) in [5.41, 5.74) is 7.19. The molecule has 3 N–H and O–H groups in total. The summed E-state index contributed by atoms with van der Waals surface area (Å²) in [6, 6.07) is 11.4. The van der Waals surface area contributed by atoms with Gasteiger partial charge in [-0.1, -0.05) is 23.2 Å². The van der Waals surface area contributed by atoms with Gasteiger partial charge in [-0.25, -0.2) is 9.37 Å². The first kappa shape index (κ1) is 21.6. The van der Waals surface area contributed by atoms with Crippen molar-refractivity contribution in [1.29, 1.82) is 0 Å². The van der Waals surface area contributed by atoms with Crippen molar-refractivity contribution in [2.24, 2.45) is 5.73 Å². The van der Waals surface area contributed by atoms with Gasteiger partial charge in [0, 0.05) is 24.3 Å². The van der Waals surface area contributed by atoms with Crippen LogP contribution in [0.25, 0.3) is 11.3 Å². The molecule has 31 heavy (non-hydrogen) atoms. The number of nitrogens with two attached hydrogens (primary N) is 1. The van der Waals surface area contributed by atoms with Crippen LogP contribution in [-0.4, -0.2) is 32.4 Å². The van der Waals surface area contributed by atoms with Crippen LogP contribution in [0, 0.1) is 5.82 Å². The largest absolute Gasteiger partial charge is 0.340 e. The Morgan fingerprint density at radius 3 is 2.48 bits per heavy atom. The van der Waals surface area contributed by atoms with Crippen molar-refractivity contribution < 1.29 is 9.18 Å². The van der Waals surface area contributed by atoms with E-state index in [4.69, 9.17) is 33.9 Å². The molecule has 0 atom stereocenters. The van der Waals surface area contributed by atoms with Crippen LogP contribution in [0.4, 0.5) is 15.9 Å². The first-order chi connectivity index (χ1) is 14.6. The molecule has 1 amide bonds. The number of nitrogens with zero attached hydrogens (tertiary/aromatic N) is 3. The van der Waals surface area contributed by atoms with E-state index in [1.807, 2.05) is 10.6 Å². The van der Waals surface area contributed by atoms with Gasteiger partial charge in [0.2, 0.25) is 5.91 Å². The number of amides is 1. The van der Waals surface area contributed by atoms with Gasteiger partial charge in [0.15, 0.2) is 0 Å². The van der Waals surface area contributed by atoms with Gasteiger partial charge in [0.05, 0.1) is 22.1 Å². The lowest BCUT2D eigenvalue weighted by atomic mass is 10.1. The van der Waals surface area contributed by atoms with Crippen molar-refractivity contribution >= 4 is 40.6 Å². The normalized spacial score (nSPS) is 13.8. The second-order valence-corrected chi connectivity index (χ2v) is 8.90. The molecule has 4 rings (SSSR count). The van der Waals surface area contributed by atoms with Crippen LogP contribution < -0.4 is 11.1 Å². The number of anilines is 2. The van der Waals surface area contributed by atoms with Crippen molar-refractivity contribution in [3.8, 4) is 11.3 Å². The molecule has 3 aromatic rings. The quantitative estimate of drug-likeness (QED) is 0.583. The molecule has 0 bridgehead atoms. The van der Waals surface area contributed by atoms with Gasteiger partial charge in [-0.15, -0.1) is 0 Å². The molecule has 1 aliphatic rings. The van der Waals surface area contributed by atoms with E-state index in [1.165, 1.54) is 12.1 Å². The van der Waals surface area contributed by atoms with Crippen LogP contribution in [-0.2, 0) is 17.9 Å². The predicted molar refractivity (Wildman–Crippen MR) is 121 cm³/mol. The third kappa shape index (κ3) is 4.39. The van der Waals surface area contributed by atoms with Crippen molar-refractivity contribution in [1.82, 2.24) is 14.5 Å². The van der Waals surface area contributed by atoms with Gasteiger partial charge in [-0.3, -0.25) is 4.79 Å². The molecule has 0 fully saturated rings. The number of hydrogen-bond donors (Lipinski definition) is 2. The van der Waals surface area contributed by atoms with E-state index >= 15 is 0 Å². The summed E-state index contributed by atoms with van der Waals surface area (Å²) in [5, 5.41) is 4.26. The molecule has 0 spiro atoms. The number of aromatic nitrogens is 2.